The average Bonchev–Trinajstić information content (AvgIpc) is 2.68. The van der Waals surface area contributed by atoms with Crippen LogP contribution in [-0.4, -0.2) is 33.3 Å². The minimum absolute atomic E-state index is 0.0689. The molecule has 0 aliphatic carbocycles. The molecular formula is C21H27NO5. The summed E-state index contributed by atoms with van der Waals surface area (Å²) >= 11 is 0. The largest absolute Gasteiger partial charge is 0.494 e. The van der Waals surface area contributed by atoms with Gasteiger partial charge >= 0.3 is 0 Å². The van der Waals surface area contributed by atoms with E-state index in [9.17, 15) is 4.79 Å². The second-order valence-corrected chi connectivity index (χ2v) is 5.93. The monoisotopic (exact) mass is 373 g/mol. The molecule has 0 atom stereocenters. The molecule has 6 heteroatoms. The normalized spacial score (nSPS) is 10.2. The second-order valence-electron chi connectivity index (χ2n) is 5.93. The number of rotatable bonds is 10. The van der Waals surface area contributed by atoms with Gasteiger partial charge in [0.25, 0.3) is 0 Å². The molecule has 1 amide bonds. The molecule has 0 spiro atoms. The Morgan fingerprint density at radius 2 is 1.56 bits per heavy atom. The zero-order valence-electron chi connectivity index (χ0n) is 16.3. The van der Waals surface area contributed by atoms with Crippen LogP contribution in [0.25, 0.3) is 0 Å². The van der Waals surface area contributed by atoms with Crippen LogP contribution in [0.5, 0.6) is 23.0 Å². The molecule has 2 rings (SSSR count). The van der Waals surface area contributed by atoms with Gasteiger partial charge in [-0.3, -0.25) is 4.79 Å². The quantitative estimate of drug-likeness (QED) is 0.632. The Labute approximate surface area is 160 Å². The molecule has 2 aromatic carbocycles. The summed E-state index contributed by atoms with van der Waals surface area (Å²) in [6, 6.07) is 11.1. The summed E-state index contributed by atoms with van der Waals surface area (Å²) in [7, 11) is 3.15. The third-order valence-corrected chi connectivity index (χ3v) is 3.96. The van der Waals surface area contributed by atoms with Crippen molar-refractivity contribution in [3.8, 4) is 23.0 Å². The molecule has 27 heavy (non-hydrogen) atoms. The van der Waals surface area contributed by atoms with Gasteiger partial charge in [0.05, 0.1) is 27.4 Å². The van der Waals surface area contributed by atoms with Crippen LogP contribution in [-0.2, 0) is 4.79 Å². The molecule has 0 fully saturated rings. The number of benzene rings is 2. The Morgan fingerprint density at radius 3 is 2.15 bits per heavy atom. The first-order valence-corrected chi connectivity index (χ1v) is 8.95. The molecule has 0 bridgehead atoms. The molecule has 6 nitrogen and oxygen atoms in total. The van der Waals surface area contributed by atoms with Crippen molar-refractivity contribution in [2.45, 2.75) is 26.7 Å². The Kier molecular flexibility index (Phi) is 7.79. The maximum atomic E-state index is 12.2. The molecule has 2 aromatic rings. The second kappa shape index (κ2) is 10.3. The fraction of sp³-hybridized carbons (Fsp3) is 0.381. The first-order valence-electron chi connectivity index (χ1n) is 8.95. The lowest BCUT2D eigenvalue weighted by molar-refractivity contribution is -0.116. The van der Waals surface area contributed by atoms with Crippen molar-refractivity contribution in [1.29, 1.82) is 0 Å². The zero-order valence-corrected chi connectivity index (χ0v) is 16.3. The maximum absolute atomic E-state index is 12.2. The van der Waals surface area contributed by atoms with Crippen LogP contribution in [0.1, 0.15) is 25.3 Å². The zero-order chi connectivity index (χ0) is 19.6. The third kappa shape index (κ3) is 6.09. The van der Waals surface area contributed by atoms with Gasteiger partial charge < -0.3 is 24.3 Å². The Morgan fingerprint density at radius 1 is 0.963 bits per heavy atom. The van der Waals surface area contributed by atoms with Crippen molar-refractivity contribution in [3.63, 3.8) is 0 Å². The number of anilines is 1. The molecule has 0 aliphatic heterocycles. The van der Waals surface area contributed by atoms with Gasteiger partial charge in [-0.05, 0) is 56.2 Å². The number of aryl methyl sites for hydroxylation is 1. The lowest BCUT2D eigenvalue weighted by Crippen LogP contribution is -2.14. The van der Waals surface area contributed by atoms with Gasteiger partial charge in [0.15, 0.2) is 11.5 Å². The summed E-state index contributed by atoms with van der Waals surface area (Å²) < 4.78 is 21.6. The molecule has 1 N–H and O–H groups in total. The predicted octanol–water partition coefficient (Wildman–Crippen LogP) is 4.21. The SMILES string of the molecule is CCOc1ccc(OCCCC(=O)Nc2cc(OC)c(OC)cc2C)cc1. The van der Waals surface area contributed by atoms with Crippen molar-refractivity contribution in [3.05, 3.63) is 42.0 Å². The molecule has 0 unspecified atom stereocenters. The molecule has 0 aliphatic rings. The summed E-state index contributed by atoms with van der Waals surface area (Å²) in [4.78, 5) is 12.2. The number of methoxy groups -OCH3 is 2. The van der Waals surface area contributed by atoms with E-state index in [4.69, 9.17) is 18.9 Å². The number of hydrogen-bond acceptors (Lipinski definition) is 5. The lowest BCUT2D eigenvalue weighted by Gasteiger charge is -2.13. The van der Waals surface area contributed by atoms with Crippen molar-refractivity contribution >= 4 is 11.6 Å². The maximum Gasteiger partial charge on any atom is 0.224 e. The number of ether oxygens (including phenoxy) is 4. The number of nitrogens with one attached hydrogen (secondary N) is 1. The minimum atomic E-state index is -0.0689. The topological polar surface area (TPSA) is 66.0 Å². The summed E-state index contributed by atoms with van der Waals surface area (Å²) in [5.41, 5.74) is 1.62. The number of amides is 1. The summed E-state index contributed by atoms with van der Waals surface area (Å²) in [5.74, 6) is 2.72. The van der Waals surface area contributed by atoms with Crippen LogP contribution in [0.15, 0.2) is 36.4 Å². The van der Waals surface area contributed by atoms with E-state index >= 15 is 0 Å². The fourth-order valence-corrected chi connectivity index (χ4v) is 2.55. The van der Waals surface area contributed by atoms with E-state index in [2.05, 4.69) is 5.32 Å². The van der Waals surface area contributed by atoms with Crippen molar-refractivity contribution < 1.29 is 23.7 Å². The Balaban J connectivity index is 1.79. The van der Waals surface area contributed by atoms with Crippen LogP contribution in [0.2, 0.25) is 0 Å². The highest BCUT2D eigenvalue weighted by Gasteiger charge is 2.11. The van der Waals surface area contributed by atoms with E-state index in [1.54, 1.807) is 20.3 Å². The molecule has 0 heterocycles. The van der Waals surface area contributed by atoms with Gasteiger partial charge in [-0.25, -0.2) is 0 Å². The molecule has 146 valence electrons. The standard InChI is InChI=1S/C21H27NO5/c1-5-26-16-8-10-17(11-9-16)27-12-6-7-21(23)22-18-14-20(25-4)19(24-3)13-15(18)2/h8-11,13-14H,5-7,12H2,1-4H3,(H,22,23). The highest BCUT2D eigenvalue weighted by Crippen LogP contribution is 2.32. The molecule has 0 aromatic heterocycles. The van der Waals surface area contributed by atoms with Crippen LogP contribution >= 0.6 is 0 Å². The van der Waals surface area contributed by atoms with Crippen LogP contribution in [0, 0.1) is 6.92 Å². The highest BCUT2D eigenvalue weighted by molar-refractivity contribution is 5.92. The molecule has 0 saturated carbocycles. The van der Waals surface area contributed by atoms with Crippen LogP contribution in [0.4, 0.5) is 5.69 Å². The minimum Gasteiger partial charge on any atom is -0.494 e. The van der Waals surface area contributed by atoms with E-state index in [0.717, 1.165) is 17.1 Å². The number of carbonyl (C=O) groups is 1. The van der Waals surface area contributed by atoms with E-state index in [0.29, 0.717) is 43.2 Å². The Hall–Kier alpha value is -2.89. The van der Waals surface area contributed by atoms with Gasteiger partial charge in [-0.15, -0.1) is 0 Å². The lowest BCUT2D eigenvalue weighted by atomic mass is 10.1. The van der Waals surface area contributed by atoms with Gasteiger partial charge in [0, 0.05) is 18.2 Å². The fourth-order valence-electron chi connectivity index (χ4n) is 2.55. The molecule has 0 radical (unpaired) electrons. The van der Waals surface area contributed by atoms with E-state index in [-0.39, 0.29) is 5.91 Å². The van der Waals surface area contributed by atoms with Gasteiger partial charge in [0.1, 0.15) is 11.5 Å². The number of carbonyl (C=O) groups excluding carboxylic acids is 1. The third-order valence-electron chi connectivity index (χ3n) is 3.96. The van der Waals surface area contributed by atoms with Crippen molar-refractivity contribution in [2.24, 2.45) is 0 Å². The highest BCUT2D eigenvalue weighted by atomic mass is 16.5. The molecular weight excluding hydrogens is 346 g/mol. The summed E-state index contributed by atoms with van der Waals surface area (Å²) in [5, 5.41) is 2.91. The van der Waals surface area contributed by atoms with E-state index in [1.807, 2.05) is 44.2 Å². The first kappa shape index (κ1) is 20.4. The van der Waals surface area contributed by atoms with Gasteiger partial charge in [0.2, 0.25) is 5.91 Å². The van der Waals surface area contributed by atoms with Crippen molar-refractivity contribution in [2.75, 3.05) is 32.8 Å². The summed E-state index contributed by atoms with van der Waals surface area (Å²) in [6.45, 7) is 4.95. The van der Waals surface area contributed by atoms with Crippen molar-refractivity contribution in [1.82, 2.24) is 0 Å². The Bertz CT molecular complexity index is 743. The van der Waals surface area contributed by atoms with Crippen LogP contribution in [0.3, 0.4) is 0 Å². The first-order chi connectivity index (χ1) is 13.1. The predicted molar refractivity (Wildman–Crippen MR) is 105 cm³/mol. The van der Waals surface area contributed by atoms with Gasteiger partial charge in [-0.1, -0.05) is 0 Å². The molecule has 0 saturated heterocycles. The average molecular weight is 373 g/mol. The summed E-state index contributed by atoms with van der Waals surface area (Å²) in [6.07, 6.45) is 0.982. The van der Waals surface area contributed by atoms with Crippen LogP contribution < -0.4 is 24.3 Å². The van der Waals surface area contributed by atoms with Gasteiger partial charge in [-0.2, -0.15) is 0 Å². The smallest absolute Gasteiger partial charge is 0.224 e. The van der Waals surface area contributed by atoms with E-state index in [1.165, 1.54) is 0 Å². The number of hydrogen-bond donors (Lipinski definition) is 1. The van der Waals surface area contributed by atoms with E-state index < -0.39 is 0 Å².